The van der Waals surface area contributed by atoms with Crippen LogP contribution in [0.5, 0.6) is 0 Å². The Morgan fingerprint density at radius 3 is 2.70 bits per heavy atom. The molecule has 1 fully saturated rings. The summed E-state index contributed by atoms with van der Waals surface area (Å²) in [6.45, 7) is 8.01. The molecule has 20 heavy (non-hydrogen) atoms. The molecule has 0 N–H and O–H groups in total. The van der Waals surface area contributed by atoms with Crippen molar-refractivity contribution in [1.82, 2.24) is 9.97 Å². The topological polar surface area (TPSA) is 38.2 Å². The number of halogens is 1. The first-order chi connectivity index (χ1) is 9.56. The van der Waals surface area contributed by atoms with Crippen molar-refractivity contribution in [3.05, 3.63) is 16.2 Å². The van der Waals surface area contributed by atoms with Crippen LogP contribution in [0.1, 0.15) is 25.6 Å². The van der Waals surface area contributed by atoms with E-state index in [0.29, 0.717) is 5.28 Å². The molecule has 4 nitrogen and oxygen atoms in total. The van der Waals surface area contributed by atoms with Crippen LogP contribution in [-0.4, -0.2) is 35.3 Å². The number of nitrogens with zero attached hydrogens (tertiary/aromatic N) is 3. The number of hydrogen-bond acceptors (Lipinski definition) is 5. The first-order valence-corrected chi connectivity index (χ1v) is 8.12. The van der Waals surface area contributed by atoms with Gasteiger partial charge < -0.3 is 9.64 Å². The van der Waals surface area contributed by atoms with Crippen molar-refractivity contribution >= 4 is 39.0 Å². The van der Waals surface area contributed by atoms with E-state index in [-0.39, 0.29) is 12.2 Å². The number of rotatable bonds is 2. The Balaban J connectivity index is 2.07. The lowest BCUT2D eigenvalue weighted by atomic mass is 10.2. The second kappa shape index (κ2) is 5.47. The molecule has 1 saturated heterocycles. The summed E-state index contributed by atoms with van der Waals surface area (Å²) in [4.78, 5) is 13.4. The monoisotopic (exact) mass is 311 g/mol. The zero-order valence-corrected chi connectivity index (χ0v) is 13.5. The van der Waals surface area contributed by atoms with Crippen LogP contribution in [0.3, 0.4) is 0 Å². The molecule has 0 unspecified atom stereocenters. The van der Waals surface area contributed by atoms with Crippen LogP contribution in [0.25, 0.3) is 10.2 Å². The van der Waals surface area contributed by atoms with Gasteiger partial charge in [0, 0.05) is 18.0 Å². The van der Waals surface area contributed by atoms with E-state index in [1.54, 1.807) is 11.3 Å². The number of fused-ring (bicyclic) bond motifs is 1. The minimum atomic E-state index is 0.201. The number of aryl methyl sites for hydroxylation is 1. The molecule has 3 rings (SSSR count). The van der Waals surface area contributed by atoms with Gasteiger partial charge in [0.15, 0.2) is 0 Å². The Morgan fingerprint density at radius 2 is 2.05 bits per heavy atom. The average molecular weight is 312 g/mol. The lowest BCUT2D eigenvalue weighted by Crippen LogP contribution is -2.45. The minimum Gasteiger partial charge on any atom is -0.372 e. The molecule has 3 heterocycles. The van der Waals surface area contributed by atoms with Gasteiger partial charge in [0.1, 0.15) is 10.6 Å². The summed E-state index contributed by atoms with van der Waals surface area (Å²) in [5, 5.41) is 1.43. The Bertz CT molecular complexity index is 620. The van der Waals surface area contributed by atoms with E-state index < -0.39 is 0 Å². The zero-order valence-electron chi connectivity index (χ0n) is 11.9. The summed E-state index contributed by atoms with van der Waals surface area (Å²) >= 11 is 7.79. The molecule has 0 aliphatic carbocycles. The molecular weight excluding hydrogens is 294 g/mol. The third kappa shape index (κ3) is 2.62. The van der Waals surface area contributed by atoms with Gasteiger partial charge in [-0.1, -0.05) is 6.92 Å². The highest BCUT2D eigenvalue weighted by atomic mass is 35.5. The number of morpholine rings is 1. The van der Waals surface area contributed by atoms with Gasteiger partial charge in [-0.05, 0) is 37.9 Å². The molecule has 0 saturated carbocycles. The molecule has 2 aromatic heterocycles. The van der Waals surface area contributed by atoms with E-state index in [0.717, 1.165) is 35.5 Å². The fourth-order valence-corrected chi connectivity index (χ4v) is 3.87. The first-order valence-electron chi connectivity index (χ1n) is 6.93. The van der Waals surface area contributed by atoms with Crippen molar-refractivity contribution in [3.63, 3.8) is 0 Å². The molecule has 1 aliphatic heterocycles. The SMILES string of the molecule is CCc1cc2c(N3C[C@@H](C)O[C@@H](C)C3)nc(Cl)nc2s1. The number of aromatic nitrogens is 2. The van der Waals surface area contributed by atoms with Crippen molar-refractivity contribution in [2.45, 2.75) is 39.4 Å². The van der Waals surface area contributed by atoms with E-state index in [2.05, 4.69) is 41.7 Å². The summed E-state index contributed by atoms with van der Waals surface area (Å²) < 4.78 is 5.79. The average Bonchev–Trinajstić information content (AvgIpc) is 2.79. The van der Waals surface area contributed by atoms with Crippen LogP contribution >= 0.6 is 22.9 Å². The number of thiophene rings is 1. The Kier molecular flexibility index (Phi) is 3.84. The number of ether oxygens (including phenoxy) is 1. The predicted octanol–water partition coefficient (Wildman–Crippen LogP) is 3.52. The largest absolute Gasteiger partial charge is 0.372 e. The van der Waals surface area contributed by atoms with Gasteiger partial charge in [0.2, 0.25) is 5.28 Å². The van der Waals surface area contributed by atoms with Crippen molar-refractivity contribution in [3.8, 4) is 0 Å². The molecule has 2 aromatic rings. The summed E-state index contributed by atoms with van der Waals surface area (Å²) in [5.74, 6) is 0.943. The predicted molar refractivity (Wildman–Crippen MR) is 84.0 cm³/mol. The lowest BCUT2D eigenvalue weighted by molar-refractivity contribution is -0.00537. The third-order valence-electron chi connectivity index (χ3n) is 3.46. The summed E-state index contributed by atoms with van der Waals surface area (Å²) in [6, 6.07) is 2.19. The van der Waals surface area contributed by atoms with E-state index in [9.17, 15) is 0 Å². The van der Waals surface area contributed by atoms with Gasteiger partial charge >= 0.3 is 0 Å². The van der Waals surface area contributed by atoms with Gasteiger partial charge in [-0.25, -0.2) is 4.98 Å². The number of anilines is 1. The third-order valence-corrected chi connectivity index (χ3v) is 4.81. The van der Waals surface area contributed by atoms with Crippen molar-refractivity contribution in [1.29, 1.82) is 0 Å². The molecule has 2 atom stereocenters. The van der Waals surface area contributed by atoms with Crippen molar-refractivity contribution in [2.24, 2.45) is 0 Å². The molecular formula is C14H18ClN3OS. The molecule has 6 heteroatoms. The molecule has 108 valence electrons. The Morgan fingerprint density at radius 1 is 1.35 bits per heavy atom. The Hall–Kier alpha value is -0.910. The van der Waals surface area contributed by atoms with Gasteiger partial charge in [-0.15, -0.1) is 11.3 Å². The molecule has 0 bridgehead atoms. The van der Waals surface area contributed by atoms with Gasteiger partial charge in [-0.3, -0.25) is 0 Å². The normalized spacial score (nSPS) is 23.5. The van der Waals surface area contributed by atoms with Crippen LogP contribution in [-0.2, 0) is 11.2 Å². The highest BCUT2D eigenvalue weighted by Gasteiger charge is 2.25. The van der Waals surface area contributed by atoms with Gasteiger partial charge in [-0.2, -0.15) is 4.98 Å². The second-order valence-corrected chi connectivity index (χ2v) is 6.72. The van der Waals surface area contributed by atoms with E-state index >= 15 is 0 Å². The highest BCUT2D eigenvalue weighted by Crippen LogP contribution is 2.33. The van der Waals surface area contributed by atoms with Crippen LogP contribution in [0.15, 0.2) is 6.07 Å². The van der Waals surface area contributed by atoms with Gasteiger partial charge in [0.25, 0.3) is 0 Å². The van der Waals surface area contributed by atoms with E-state index in [4.69, 9.17) is 16.3 Å². The first kappa shape index (κ1) is 14.0. The molecule has 0 spiro atoms. The maximum absolute atomic E-state index is 6.09. The van der Waals surface area contributed by atoms with Crippen molar-refractivity contribution < 1.29 is 4.74 Å². The van der Waals surface area contributed by atoms with Crippen LogP contribution in [0, 0.1) is 0 Å². The molecule has 1 aliphatic rings. The minimum absolute atomic E-state index is 0.201. The highest BCUT2D eigenvalue weighted by molar-refractivity contribution is 7.18. The van der Waals surface area contributed by atoms with E-state index in [1.807, 2.05) is 0 Å². The summed E-state index contributed by atoms with van der Waals surface area (Å²) in [5.41, 5.74) is 0. The van der Waals surface area contributed by atoms with Crippen LogP contribution < -0.4 is 4.90 Å². The molecule has 0 aromatic carbocycles. The fourth-order valence-electron chi connectivity index (χ4n) is 2.70. The maximum Gasteiger partial charge on any atom is 0.225 e. The van der Waals surface area contributed by atoms with Gasteiger partial charge in [0.05, 0.1) is 17.6 Å². The van der Waals surface area contributed by atoms with Crippen molar-refractivity contribution in [2.75, 3.05) is 18.0 Å². The quantitative estimate of drug-likeness (QED) is 0.795. The van der Waals surface area contributed by atoms with Crippen LogP contribution in [0.2, 0.25) is 5.28 Å². The summed E-state index contributed by atoms with van der Waals surface area (Å²) in [7, 11) is 0. The smallest absolute Gasteiger partial charge is 0.225 e. The van der Waals surface area contributed by atoms with E-state index in [1.165, 1.54) is 4.88 Å². The van der Waals surface area contributed by atoms with Crippen LogP contribution in [0.4, 0.5) is 5.82 Å². The molecule has 0 radical (unpaired) electrons. The number of hydrogen-bond donors (Lipinski definition) is 0. The lowest BCUT2D eigenvalue weighted by Gasteiger charge is -2.36. The molecule has 0 amide bonds. The second-order valence-electron chi connectivity index (χ2n) is 5.26. The fraction of sp³-hybridized carbons (Fsp3) is 0.571. The zero-order chi connectivity index (χ0) is 14.3. The Labute approximate surface area is 127 Å². The maximum atomic E-state index is 6.09. The standard InChI is InChI=1S/C14H18ClN3OS/c1-4-10-5-11-12(16-14(15)17-13(11)20-10)18-6-8(2)19-9(3)7-18/h5,8-9H,4,6-7H2,1-3H3/t8-,9+. The summed E-state index contributed by atoms with van der Waals surface area (Å²) in [6.07, 6.45) is 1.41.